The lowest BCUT2D eigenvalue weighted by Gasteiger charge is -2.08. The number of methoxy groups -OCH3 is 1. The second kappa shape index (κ2) is 9.43. The van der Waals surface area contributed by atoms with Crippen molar-refractivity contribution in [2.45, 2.75) is 12.8 Å². The Hall–Kier alpha value is -3.27. The molecule has 10 heteroatoms. The number of thiophene rings is 1. The third-order valence-corrected chi connectivity index (χ3v) is 4.30. The number of nitrogens with one attached hydrogen (secondary N) is 1. The van der Waals surface area contributed by atoms with Crippen LogP contribution < -0.4 is 10.1 Å². The topological polar surface area (TPSA) is 125 Å². The number of anilines is 1. The van der Waals surface area contributed by atoms with Crippen LogP contribution in [-0.4, -0.2) is 36.3 Å². The van der Waals surface area contributed by atoms with Gasteiger partial charge in [-0.3, -0.25) is 24.5 Å². The molecule has 2 rings (SSSR count). The van der Waals surface area contributed by atoms with Crippen molar-refractivity contribution >= 4 is 40.4 Å². The zero-order valence-corrected chi connectivity index (χ0v) is 15.1. The lowest BCUT2D eigenvalue weighted by molar-refractivity contribution is -0.384. The normalized spacial score (nSPS) is 10.1. The van der Waals surface area contributed by atoms with Crippen molar-refractivity contribution in [2.24, 2.45) is 0 Å². The predicted octanol–water partition coefficient (Wildman–Crippen LogP) is 2.81. The summed E-state index contributed by atoms with van der Waals surface area (Å²) >= 11 is 1.28. The van der Waals surface area contributed by atoms with Crippen molar-refractivity contribution in [2.75, 3.05) is 19.0 Å². The van der Waals surface area contributed by atoms with E-state index >= 15 is 0 Å². The molecule has 0 unspecified atom stereocenters. The maximum atomic E-state index is 11.9. The van der Waals surface area contributed by atoms with Gasteiger partial charge >= 0.3 is 5.97 Å². The molecule has 0 radical (unpaired) electrons. The molecule has 0 atom stereocenters. The number of esters is 1. The van der Waals surface area contributed by atoms with E-state index in [4.69, 9.17) is 9.47 Å². The Morgan fingerprint density at radius 1 is 1.22 bits per heavy atom. The smallest absolute Gasteiger partial charge is 0.306 e. The summed E-state index contributed by atoms with van der Waals surface area (Å²) in [5, 5.41) is 15.1. The van der Waals surface area contributed by atoms with Gasteiger partial charge in [0.05, 0.1) is 29.4 Å². The van der Waals surface area contributed by atoms with E-state index in [1.165, 1.54) is 30.6 Å². The van der Waals surface area contributed by atoms with Crippen LogP contribution in [0.4, 0.5) is 11.4 Å². The molecule has 1 heterocycles. The molecule has 0 aliphatic rings. The van der Waals surface area contributed by atoms with E-state index in [0.29, 0.717) is 4.88 Å². The lowest BCUT2D eigenvalue weighted by atomic mass is 10.2. The maximum absolute atomic E-state index is 11.9. The molecule has 142 valence electrons. The average molecular weight is 392 g/mol. The molecule has 0 bridgehead atoms. The number of nitro groups is 1. The molecule has 0 saturated heterocycles. The largest absolute Gasteiger partial charge is 0.496 e. The third kappa shape index (κ3) is 5.89. The number of carbonyl (C=O) groups is 3. The van der Waals surface area contributed by atoms with Gasteiger partial charge in [-0.25, -0.2) is 0 Å². The van der Waals surface area contributed by atoms with Crippen LogP contribution in [-0.2, 0) is 14.3 Å². The Balaban J connectivity index is 1.83. The number of hydrogen-bond acceptors (Lipinski definition) is 8. The number of ketones is 1. The fourth-order valence-electron chi connectivity index (χ4n) is 2.08. The van der Waals surface area contributed by atoms with Crippen LogP contribution in [0.3, 0.4) is 0 Å². The van der Waals surface area contributed by atoms with E-state index < -0.39 is 23.4 Å². The summed E-state index contributed by atoms with van der Waals surface area (Å²) in [6, 6.07) is 7.32. The summed E-state index contributed by atoms with van der Waals surface area (Å²) in [6.45, 7) is -0.616. The molecule has 2 aromatic rings. The molecule has 0 aliphatic carbocycles. The average Bonchev–Trinajstić information content (AvgIpc) is 3.19. The molecule has 0 aliphatic heterocycles. The maximum Gasteiger partial charge on any atom is 0.306 e. The van der Waals surface area contributed by atoms with Crippen LogP contribution in [0.5, 0.6) is 5.75 Å². The van der Waals surface area contributed by atoms with Crippen molar-refractivity contribution in [1.29, 1.82) is 0 Å². The number of benzene rings is 1. The highest BCUT2D eigenvalue weighted by Gasteiger charge is 2.18. The Bertz CT molecular complexity index is 849. The fraction of sp³-hybridized carbons (Fsp3) is 0.235. The molecule has 9 nitrogen and oxygen atoms in total. The monoisotopic (exact) mass is 392 g/mol. The van der Waals surface area contributed by atoms with Gasteiger partial charge in [0.2, 0.25) is 0 Å². The number of nitrogens with zero attached hydrogens (tertiary/aromatic N) is 1. The van der Waals surface area contributed by atoms with Crippen molar-refractivity contribution < 1.29 is 28.8 Å². The van der Waals surface area contributed by atoms with Crippen LogP contribution in [0.1, 0.15) is 22.5 Å². The second-order valence-electron chi connectivity index (χ2n) is 5.25. The van der Waals surface area contributed by atoms with Gasteiger partial charge in [0, 0.05) is 6.42 Å². The SMILES string of the molecule is COc1ccc(NC(=O)COC(=O)CCC(=O)c2cccs2)c([N+](=O)[O-])c1. The molecule has 1 amide bonds. The molecule has 27 heavy (non-hydrogen) atoms. The first kappa shape index (κ1) is 20.0. The Morgan fingerprint density at radius 3 is 2.63 bits per heavy atom. The zero-order chi connectivity index (χ0) is 19.8. The van der Waals surface area contributed by atoms with Crippen LogP contribution in [0.15, 0.2) is 35.7 Å². The molecule has 0 spiro atoms. The van der Waals surface area contributed by atoms with E-state index in [-0.39, 0.29) is 35.7 Å². The molecule has 1 aromatic heterocycles. The van der Waals surface area contributed by atoms with Crippen molar-refractivity contribution in [3.05, 3.63) is 50.7 Å². The highest BCUT2D eigenvalue weighted by molar-refractivity contribution is 7.12. The van der Waals surface area contributed by atoms with Crippen LogP contribution in [0, 0.1) is 10.1 Å². The summed E-state index contributed by atoms with van der Waals surface area (Å²) in [4.78, 5) is 46.3. The van der Waals surface area contributed by atoms with Gasteiger partial charge in [-0.1, -0.05) is 6.07 Å². The fourth-order valence-corrected chi connectivity index (χ4v) is 2.77. The summed E-state index contributed by atoms with van der Waals surface area (Å²) < 4.78 is 9.70. The summed E-state index contributed by atoms with van der Waals surface area (Å²) in [5.74, 6) is -1.36. The number of amides is 1. The number of Topliss-reactive ketones (excluding diaryl/α,β-unsaturated/α-hetero) is 1. The first-order chi connectivity index (χ1) is 12.9. The second-order valence-corrected chi connectivity index (χ2v) is 6.20. The minimum atomic E-state index is -0.735. The van der Waals surface area contributed by atoms with Crippen LogP contribution in [0.25, 0.3) is 0 Å². The number of ether oxygens (including phenoxy) is 2. The molecule has 0 fully saturated rings. The van der Waals surface area contributed by atoms with Gasteiger partial charge in [-0.05, 0) is 23.6 Å². The Labute approximate surface area is 158 Å². The van der Waals surface area contributed by atoms with E-state index in [1.54, 1.807) is 17.5 Å². The zero-order valence-electron chi connectivity index (χ0n) is 14.3. The van der Waals surface area contributed by atoms with Crippen molar-refractivity contribution in [1.82, 2.24) is 0 Å². The molecular weight excluding hydrogens is 376 g/mol. The Kier molecular flexibility index (Phi) is 7.00. The van der Waals surface area contributed by atoms with Gasteiger partial charge in [-0.2, -0.15) is 0 Å². The molecule has 0 saturated carbocycles. The van der Waals surface area contributed by atoms with Gasteiger partial charge < -0.3 is 14.8 Å². The molecule has 1 aromatic carbocycles. The number of rotatable bonds is 9. The third-order valence-electron chi connectivity index (χ3n) is 3.39. The van der Waals surface area contributed by atoms with Gasteiger partial charge in [0.25, 0.3) is 11.6 Å². The van der Waals surface area contributed by atoms with Gasteiger partial charge in [0.15, 0.2) is 12.4 Å². The predicted molar refractivity (Wildman–Crippen MR) is 97.1 cm³/mol. The van der Waals surface area contributed by atoms with Crippen molar-refractivity contribution in [3.63, 3.8) is 0 Å². The highest BCUT2D eigenvalue weighted by atomic mass is 32.1. The molecule has 1 N–H and O–H groups in total. The first-order valence-electron chi connectivity index (χ1n) is 7.75. The summed E-state index contributed by atoms with van der Waals surface area (Å²) in [7, 11) is 1.36. The molecular formula is C17H16N2O7S. The van der Waals surface area contributed by atoms with Gasteiger partial charge in [-0.15, -0.1) is 11.3 Å². The van der Waals surface area contributed by atoms with Crippen LogP contribution >= 0.6 is 11.3 Å². The van der Waals surface area contributed by atoms with Crippen LogP contribution in [0.2, 0.25) is 0 Å². The van der Waals surface area contributed by atoms with Gasteiger partial charge in [0.1, 0.15) is 11.4 Å². The minimum Gasteiger partial charge on any atom is -0.496 e. The summed E-state index contributed by atoms with van der Waals surface area (Å²) in [6.07, 6.45) is -0.183. The van der Waals surface area contributed by atoms with E-state index in [0.717, 1.165) is 6.07 Å². The number of nitro benzene ring substituents is 1. The number of hydrogen-bond donors (Lipinski definition) is 1. The highest BCUT2D eigenvalue weighted by Crippen LogP contribution is 2.28. The quantitative estimate of drug-likeness (QED) is 0.301. The van der Waals surface area contributed by atoms with E-state index in [1.807, 2.05) is 0 Å². The van der Waals surface area contributed by atoms with E-state index in [2.05, 4.69) is 5.32 Å². The van der Waals surface area contributed by atoms with E-state index in [9.17, 15) is 24.5 Å². The minimum absolute atomic E-state index is 0.0229. The first-order valence-corrected chi connectivity index (χ1v) is 8.63. The summed E-state index contributed by atoms with van der Waals surface area (Å²) in [5.41, 5.74) is -0.398. The Morgan fingerprint density at radius 2 is 2.00 bits per heavy atom. The standard InChI is InChI=1S/C17H16N2O7S/c1-25-11-4-5-12(13(9-11)19(23)24)18-16(21)10-26-17(22)7-6-14(20)15-3-2-8-27-15/h2-5,8-9H,6-7,10H2,1H3,(H,18,21). The number of carbonyl (C=O) groups excluding carboxylic acids is 3. The van der Waals surface area contributed by atoms with Crippen molar-refractivity contribution in [3.8, 4) is 5.75 Å². The lowest BCUT2D eigenvalue weighted by Crippen LogP contribution is -2.21.